The number of aliphatic hydroxyl groups excluding tert-OH is 2. The molecule has 66 valence electrons. The largest absolute Gasteiger partial charge is 0.510 e. The highest BCUT2D eigenvalue weighted by molar-refractivity contribution is 6.11. The number of ether oxygens (including phenoxy) is 2. The molecule has 4 atom stereocenters. The van der Waals surface area contributed by atoms with E-state index >= 15 is 0 Å². The normalized spacial score (nSPS) is 51.2. The first kappa shape index (κ1) is 8.10. The van der Waals surface area contributed by atoms with Crippen LogP contribution in [0, 0.1) is 0 Å². The van der Waals surface area contributed by atoms with Crippen molar-refractivity contribution >= 4 is 7.85 Å². The van der Waals surface area contributed by atoms with Crippen molar-refractivity contribution in [2.45, 2.75) is 23.8 Å². The lowest BCUT2D eigenvalue weighted by Crippen LogP contribution is -2.42. The monoisotopic (exact) mass is 170 g/mol. The first-order chi connectivity index (χ1) is 5.58. The predicted octanol–water partition coefficient (Wildman–Crippen LogP) is -1.45. The Morgan fingerprint density at radius 2 is 2.33 bits per heavy atom. The van der Waals surface area contributed by atoms with Crippen molar-refractivity contribution in [3.05, 3.63) is 12.3 Å². The fourth-order valence-corrected chi connectivity index (χ4v) is 1.88. The van der Waals surface area contributed by atoms with Crippen LogP contribution in [0.15, 0.2) is 12.3 Å². The fourth-order valence-electron chi connectivity index (χ4n) is 1.88. The van der Waals surface area contributed by atoms with Crippen molar-refractivity contribution in [3.8, 4) is 0 Å². The van der Waals surface area contributed by atoms with E-state index in [9.17, 15) is 10.2 Å². The predicted molar refractivity (Wildman–Crippen MR) is 43.7 cm³/mol. The summed E-state index contributed by atoms with van der Waals surface area (Å²) in [5.41, 5.74) is -1.07. The van der Waals surface area contributed by atoms with Gasteiger partial charge in [0.15, 0.2) is 5.60 Å². The molecule has 4 nitrogen and oxygen atoms in total. The molecule has 0 aromatic carbocycles. The average Bonchev–Trinajstić information content (AvgIpc) is 2.42. The molecule has 2 rings (SSSR count). The van der Waals surface area contributed by atoms with Gasteiger partial charge in [-0.05, 0) is 0 Å². The molecule has 0 radical (unpaired) electrons. The SMILES string of the molecule is B[C@@H]1O[C@@]2(C(=C)O)CO[C@@H]1[C@@H]2O. The topological polar surface area (TPSA) is 58.9 Å². The highest BCUT2D eigenvalue weighted by Crippen LogP contribution is 2.42. The Kier molecular flexibility index (Phi) is 1.52. The van der Waals surface area contributed by atoms with Gasteiger partial charge in [-0.15, -0.1) is 0 Å². The second kappa shape index (κ2) is 2.25. The van der Waals surface area contributed by atoms with Gasteiger partial charge in [-0.3, -0.25) is 0 Å². The molecule has 5 heteroatoms. The molecule has 0 aromatic rings. The summed E-state index contributed by atoms with van der Waals surface area (Å²) >= 11 is 0. The third kappa shape index (κ3) is 0.735. The number of hydrogen-bond acceptors (Lipinski definition) is 4. The van der Waals surface area contributed by atoms with Gasteiger partial charge in [-0.25, -0.2) is 0 Å². The van der Waals surface area contributed by atoms with E-state index < -0.39 is 11.7 Å². The Morgan fingerprint density at radius 1 is 1.67 bits per heavy atom. The van der Waals surface area contributed by atoms with Crippen molar-refractivity contribution in [2.24, 2.45) is 0 Å². The molecule has 2 aliphatic rings. The Morgan fingerprint density at radius 3 is 2.58 bits per heavy atom. The Balaban J connectivity index is 2.33. The van der Waals surface area contributed by atoms with Crippen LogP contribution in [0.2, 0.25) is 0 Å². The Bertz CT molecular complexity index is 231. The minimum absolute atomic E-state index is 0.151. The third-order valence-electron chi connectivity index (χ3n) is 2.63. The van der Waals surface area contributed by atoms with Gasteiger partial charge in [0.1, 0.15) is 25.8 Å². The first-order valence-corrected chi connectivity index (χ1v) is 3.94. The van der Waals surface area contributed by atoms with E-state index in [1.807, 2.05) is 0 Å². The van der Waals surface area contributed by atoms with Crippen LogP contribution in [-0.4, -0.2) is 48.5 Å². The summed E-state index contributed by atoms with van der Waals surface area (Å²) in [5.74, 6) is -0.151. The number of rotatable bonds is 1. The van der Waals surface area contributed by atoms with Crippen LogP contribution in [0.3, 0.4) is 0 Å². The van der Waals surface area contributed by atoms with Crippen molar-refractivity contribution in [3.63, 3.8) is 0 Å². The molecular formula is C7H11BO4. The Labute approximate surface area is 71.2 Å². The van der Waals surface area contributed by atoms with Crippen LogP contribution in [0.1, 0.15) is 0 Å². The second-order valence-electron chi connectivity index (χ2n) is 3.38. The summed E-state index contributed by atoms with van der Waals surface area (Å²) in [6, 6.07) is -0.183. The highest BCUT2D eigenvalue weighted by Gasteiger charge is 2.61. The standard InChI is InChI=1S/C7H11BO4/c1-3(9)7-2-11-4(5(7)10)6(8)12-7/h4-6,9-10H,1-2,8H2/t4-,5+,6-,7-/m1/s1. The summed E-state index contributed by atoms with van der Waals surface area (Å²) in [7, 11) is 1.80. The van der Waals surface area contributed by atoms with Gasteiger partial charge in [0, 0.05) is 0 Å². The van der Waals surface area contributed by atoms with Gasteiger partial charge in [-0.1, -0.05) is 6.58 Å². The molecule has 0 spiro atoms. The molecule has 12 heavy (non-hydrogen) atoms. The molecule has 0 amide bonds. The maximum Gasteiger partial charge on any atom is 0.175 e. The van der Waals surface area contributed by atoms with Crippen LogP contribution in [0.4, 0.5) is 0 Å². The quantitative estimate of drug-likeness (QED) is 0.373. The van der Waals surface area contributed by atoms with E-state index in [2.05, 4.69) is 6.58 Å². The lowest BCUT2D eigenvalue weighted by Gasteiger charge is -2.28. The van der Waals surface area contributed by atoms with Crippen LogP contribution >= 0.6 is 0 Å². The van der Waals surface area contributed by atoms with Crippen molar-refractivity contribution in [1.82, 2.24) is 0 Å². The van der Waals surface area contributed by atoms with Crippen LogP contribution in [-0.2, 0) is 9.47 Å². The average molecular weight is 170 g/mol. The van der Waals surface area contributed by atoms with E-state index in [0.29, 0.717) is 0 Å². The van der Waals surface area contributed by atoms with Gasteiger partial charge in [-0.2, -0.15) is 0 Å². The molecule has 0 aromatic heterocycles. The van der Waals surface area contributed by atoms with Crippen molar-refractivity contribution < 1.29 is 19.7 Å². The minimum Gasteiger partial charge on any atom is -0.510 e. The zero-order valence-electron chi connectivity index (χ0n) is 6.86. The van der Waals surface area contributed by atoms with Gasteiger partial charge in [0.05, 0.1) is 12.6 Å². The number of hydrogen-bond donors (Lipinski definition) is 2. The number of aliphatic hydroxyl groups is 2. The molecule has 2 N–H and O–H groups in total. The van der Waals surface area contributed by atoms with Gasteiger partial charge in [0.25, 0.3) is 0 Å². The second-order valence-corrected chi connectivity index (χ2v) is 3.38. The summed E-state index contributed by atoms with van der Waals surface area (Å²) in [5, 5.41) is 18.9. The van der Waals surface area contributed by atoms with Crippen molar-refractivity contribution in [1.29, 1.82) is 0 Å². The van der Waals surface area contributed by atoms with Gasteiger partial charge in [0.2, 0.25) is 0 Å². The summed E-state index contributed by atoms with van der Waals surface area (Å²) in [6.45, 7) is 3.58. The number of fused-ring (bicyclic) bond motifs is 2. The van der Waals surface area contributed by atoms with Gasteiger partial charge >= 0.3 is 0 Å². The van der Waals surface area contributed by atoms with E-state index in [1.54, 1.807) is 7.85 Å². The lowest BCUT2D eigenvalue weighted by atomic mass is 9.91. The van der Waals surface area contributed by atoms with Crippen LogP contribution in [0.5, 0.6) is 0 Å². The van der Waals surface area contributed by atoms with E-state index in [0.717, 1.165) is 0 Å². The molecule has 0 unspecified atom stereocenters. The van der Waals surface area contributed by atoms with Crippen molar-refractivity contribution in [2.75, 3.05) is 6.61 Å². The minimum atomic E-state index is -1.07. The van der Waals surface area contributed by atoms with E-state index in [4.69, 9.17) is 9.47 Å². The molecule has 0 aliphatic carbocycles. The zero-order chi connectivity index (χ0) is 8.93. The molecule has 0 saturated carbocycles. The molecular weight excluding hydrogens is 159 g/mol. The van der Waals surface area contributed by atoms with Crippen LogP contribution < -0.4 is 0 Å². The zero-order valence-corrected chi connectivity index (χ0v) is 6.86. The first-order valence-electron chi connectivity index (χ1n) is 3.94. The maximum atomic E-state index is 9.65. The maximum absolute atomic E-state index is 9.65. The summed E-state index contributed by atoms with van der Waals surface area (Å²) in [6.07, 6.45) is -1.11. The smallest absolute Gasteiger partial charge is 0.175 e. The lowest BCUT2D eigenvalue weighted by molar-refractivity contribution is -0.112. The Hall–Kier alpha value is -0.515. The van der Waals surface area contributed by atoms with Crippen LogP contribution in [0.25, 0.3) is 0 Å². The summed E-state index contributed by atoms with van der Waals surface area (Å²) in [4.78, 5) is 0. The van der Waals surface area contributed by atoms with E-state index in [1.165, 1.54) is 0 Å². The third-order valence-corrected chi connectivity index (χ3v) is 2.63. The molecule has 2 heterocycles. The van der Waals surface area contributed by atoms with E-state index in [-0.39, 0.29) is 24.5 Å². The highest BCUT2D eigenvalue weighted by atomic mass is 16.6. The fraction of sp³-hybridized carbons (Fsp3) is 0.714. The summed E-state index contributed by atoms with van der Waals surface area (Å²) < 4.78 is 10.6. The molecule has 2 bridgehead atoms. The molecule has 2 aliphatic heterocycles. The molecule has 2 fully saturated rings. The van der Waals surface area contributed by atoms with Gasteiger partial charge < -0.3 is 19.7 Å². The molecule has 2 saturated heterocycles.